The van der Waals surface area contributed by atoms with Gasteiger partial charge in [-0.05, 0) is 31.0 Å². The Morgan fingerprint density at radius 1 is 1.36 bits per heavy atom. The predicted molar refractivity (Wildman–Crippen MR) is 79.1 cm³/mol. The molecule has 0 aliphatic heterocycles. The van der Waals surface area contributed by atoms with Crippen LogP contribution in [0.3, 0.4) is 0 Å². The third-order valence-electron chi connectivity index (χ3n) is 3.92. The van der Waals surface area contributed by atoms with Crippen LogP contribution in [0.4, 0.5) is 8.78 Å². The Bertz CT molecular complexity index is 754. The summed E-state index contributed by atoms with van der Waals surface area (Å²) in [7, 11) is 0. The lowest BCUT2D eigenvalue weighted by Gasteiger charge is -2.15. The number of nitriles is 1. The number of hydrogen-bond donors (Lipinski definition) is 0. The molecule has 1 heterocycles. The first-order valence-corrected chi connectivity index (χ1v) is 7.29. The Hall–Kier alpha value is -1.93. The maximum absolute atomic E-state index is 13.0. The van der Waals surface area contributed by atoms with Crippen LogP contribution in [0.25, 0.3) is 10.9 Å². The molecule has 2 aromatic rings. The molecule has 0 amide bonds. The highest BCUT2D eigenvalue weighted by atomic mass is 35.5. The highest BCUT2D eigenvalue weighted by molar-refractivity contribution is 6.31. The number of halogens is 3. The molecule has 0 radical (unpaired) electrons. The first kappa shape index (κ1) is 15.0. The lowest BCUT2D eigenvalue weighted by Crippen LogP contribution is -2.13. The van der Waals surface area contributed by atoms with Gasteiger partial charge in [0, 0.05) is 28.3 Å². The van der Waals surface area contributed by atoms with Crippen molar-refractivity contribution in [2.45, 2.75) is 25.7 Å². The van der Waals surface area contributed by atoms with E-state index in [1.54, 1.807) is 18.2 Å². The van der Waals surface area contributed by atoms with Crippen molar-refractivity contribution in [3.8, 4) is 11.8 Å². The third-order valence-corrected chi connectivity index (χ3v) is 4.16. The number of nitrogens with zero attached hydrogens (tertiary/aromatic N) is 2. The van der Waals surface area contributed by atoms with E-state index in [0.29, 0.717) is 34.7 Å². The summed E-state index contributed by atoms with van der Waals surface area (Å²) in [5, 5.41) is 9.92. The average molecular weight is 323 g/mol. The molecule has 1 aliphatic carbocycles. The number of alkyl halides is 2. The lowest BCUT2D eigenvalue weighted by molar-refractivity contribution is 0.145. The maximum atomic E-state index is 13.0. The highest BCUT2D eigenvalue weighted by Gasteiger charge is 2.43. The smallest absolute Gasteiger partial charge is 0.280 e. The summed E-state index contributed by atoms with van der Waals surface area (Å²) in [5.74, 6) is 0.340. The van der Waals surface area contributed by atoms with Crippen LogP contribution in [0, 0.1) is 16.7 Å². The van der Waals surface area contributed by atoms with E-state index in [0.717, 1.165) is 12.8 Å². The van der Waals surface area contributed by atoms with Crippen LogP contribution in [0.1, 0.15) is 31.4 Å². The summed E-state index contributed by atoms with van der Waals surface area (Å²) in [5.41, 5.74) is -0.0363. The number of rotatable bonds is 5. The van der Waals surface area contributed by atoms with E-state index >= 15 is 0 Å². The molecule has 1 aliphatic rings. The van der Waals surface area contributed by atoms with Gasteiger partial charge in [0.25, 0.3) is 6.43 Å². The van der Waals surface area contributed by atoms with Crippen LogP contribution >= 0.6 is 11.6 Å². The van der Waals surface area contributed by atoms with E-state index in [1.165, 1.54) is 6.07 Å². The standard InChI is InChI=1S/C16H13ClF2N2O/c17-10-1-2-12-11(7-10)14(8-13(21-12)15(18)19)22-9-16(3-4-16)5-6-20/h1-2,7-8,15H,3-5,9H2. The monoisotopic (exact) mass is 322 g/mol. The van der Waals surface area contributed by atoms with Crippen LogP contribution in [-0.2, 0) is 0 Å². The fourth-order valence-corrected chi connectivity index (χ4v) is 2.54. The quantitative estimate of drug-likeness (QED) is 0.786. The molecule has 1 aromatic heterocycles. The van der Waals surface area contributed by atoms with Crippen molar-refractivity contribution in [2.24, 2.45) is 5.41 Å². The van der Waals surface area contributed by atoms with Crippen LogP contribution in [0.15, 0.2) is 24.3 Å². The molecule has 6 heteroatoms. The third kappa shape index (κ3) is 2.97. The topological polar surface area (TPSA) is 45.9 Å². The van der Waals surface area contributed by atoms with Gasteiger partial charge in [-0.25, -0.2) is 13.8 Å². The van der Waals surface area contributed by atoms with Crippen molar-refractivity contribution in [3.05, 3.63) is 35.0 Å². The molecule has 0 atom stereocenters. The molecule has 0 spiro atoms. The van der Waals surface area contributed by atoms with Gasteiger partial charge in [-0.1, -0.05) is 11.6 Å². The Morgan fingerprint density at radius 2 is 2.14 bits per heavy atom. The zero-order chi connectivity index (χ0) is 15.7. The Labute approximate surface area is 131 Å². The molecule has 22 heavy (non-hydrogen) atoms. The average Bonchev–Trinajstić information content (AvgIpc) is 3.25. The fourth-order valence-electron chi connectivity index (χ4n) is 2.37. The van der Waals surface area contributed by atoms with Crippen molar-refractivity contribution in [3.63, 3.8) is 0 Å². The van der Waals surface area contributed by atoms with E-state index in [-0.39, 0.29) is 11.1 Å². The number of pyridine rings is 1. The lowest BCUT2D eigenvalue weighted by atomic mass is 10.1. The van der Waals surface area contributed by atoms with Gasteiger partial charge in [0.1, 0.15) is 11.4 Å². The summed E-state index contributed by atoms with van der Waals surface area (Å²) < 4.78 is 31.7. The Balaban J connectivity index is 1.95. The van der Waals surface area contributed by atoms with Gasteiger partial charge in [0.2, 0.25) is 0 Å². The molecule has 3 nitrogen and oxygen atoms in total. The molecule has 1 saturated carbocycles. The predicted octanol–water partition coefficient (Wildman–Crippen LogP) is 4.90. The van der Waals surface area contributed by atoms with Gasteiger partial charge >= 0.3 is 0 Å². The van der Waals surface area contributed by atoms with Gasteiger partial charge in [-0.15, -0.1) is 0 Å². The highest BCUT2D eigenvalue weighted by Crippen LogP contribution is 2.49. The normalized spacial score (nSPS) is 15.8. The number of benzene rings is 1. The Kier molecular flexibility index (Phi) is 3.88. The zero-order valence-electron chi connectivity index (χ0n) is 11.7. The summed E-state index contributed by atoms with van der Waals surface area (Å²) in [6.45, 7) is 0.342. The second kappa shape index (κ2) is 5.69. The van der Waals surface area contributed by atoms with E-state index in [9.17, 15) is 8.78 Å². The van der Waals surface area contributed by atoms with Gasteiger partial charge < -0.3 is 4.74 Å². The van der Waals surface area contributed by atoms with E-state index in [4.69, 9.17) is 21.6 Å². The number of ether oxygens (including phenoxy) is 1. The SMILES string of the molecule is N#CCC1(COc2cc(C(F)F)nc3ccc(Cl)cc23)CC1. The largest absolute Gasteiger partial charge is 0.492 e. The molecular formula is C16H13ClF2N2O. The molecular weight excluding hydrogens is 310 g/mol. The van der Waals surface area contributed by atoms with E-state index < -0.39 is 6.43 Å². The summed E-state index contributed by atoms with van der Waals surface area (Å²) >= 11 is 5.97. The van der Waals surface area contributed by atoms with Crippen LogP contribution in [-0.4, -0.2) is 11.6 Å². The van der Waals surface area contributed by atoms with Crippen molar-refractivity contribution < 1.29 is 13.5 Å². The van der Waals surface area contributed by atoms with Crippen molar-refractivity contribution in [2.75, 3.05) is 6.61 Å². The summed E-state index contributed by atoms with van der Waals surface area (Å²) in [6.07, 6.45) is -0.410. The van der Waals surface area contributed by atoms with E-state index in [1.807, 2.05) is 0 Å². The van der Waals surface area contributed by atoms with Gasteiger partial charge in [0.15, 0.2) is 0 Å². The number of aromatic nitrogens is 1. The zero-order valence-corrected chi connectivity index (χ0v) is 12.4. The van der Waals surface area contributed by atoms with Gasteiger partial charge in [-0.2, -0.15) is 5.26 Å². The molecule has 0 N–H and O–H groups in total. The first-order valence-electron chi connectivity index (χ1n) is 6.91. The van der Waals surface area contributed by atoms with Crippen LogP contribution in [0.2, 0.25) is 5.02 Å². The van der Waals surface area contributed by atoms with Crippen LogP contribution < -0.4 is 4.74 Å². The second-order valence-electron chi connectivity index (χ2n) is 5.63. The first-order chi connectivity index (χ1) is 10.5. The molecule has 0 unspecified atom stereocenters. The summed E-state index contributed by atoms with van der Waals surface area (Å²) in [4.78, 5) is 3.93. The minimum atomic E-state index is -2.67. The minimum Gasteiger partial charge on any atom is -0.492 e. The number of fused-ring (bicyclic) bond motifs is 1. The summed E-state index contributed by atoms with van der Waals surface area (Å²) in [6, 6.07) is 8.26. The molecule has 1 aromatic carbocycles. The second-order valence-corrected chi connectivity index (χ2v) is 6.07. The van der Waals surface area contributed by atoms with Gasteiger partial charge in [0.05, 0.1) is 18.2 Å². The molecule has 0 bridgehead atoms. The van der Waals surface area contributed by atoms with Crippen molar-refractivity contribution >= 4 is 22.5 Å². The van der Waals surface area contributed by atoms with E-state index in [2.05, 4.69) is 11.1 Å². The Morgan fingerprint density at radius 3 is 2.77 bits per heavy atom. The van der Waals surface area contributed by atoms with Crippen molar-refractivity contribution in [1.29, 1.82) is 5.26 Å². The molecule has 0 saturated heterocycles. The fraction of sp³-hybridized carbons (Fsp3) is 0.375. The molecule has 114 valence electrons. The maximum Gasteiger partial charge on any atom is 0.280 e. The van der Waals surface area contributed by atoms with Gasteiger partial charge in [-0.3, -0.25) is 0 Å². The molecule has 3 rings (SSSR count). The number of hydrogen-bond acceptors (Lipinski definition) is 3. The van der Waals surface area contributed by atoms with Crippen LogP contribution in [0.5, 0.6) is 5.75 Å². The van der Waals surface area contributed by atoms with Crippen molar-refractivity contribution in [1.82, 2.24) is 4.98 Å². The minimum absolute atomic E-state index is 0.131. The molecule has 1 fully saturated rings.